The van der Waals surface area contributed by atoms with Gasteiger partial charge in [-0.05, 0) is 49.3 Å². The molecule has 38 heavy (non-hydrogen) atoms. The maximum atomic E-state index is 13.3. The van der Waals surface area contributed by atoms with Crippen molar-refractivity contribution < 1.29 is 32.7 Å². The zero-order valence-corrected chi connectivity index (χ0v) is 22.6. The van der Waals surface area contributed by atoms with E-state index in [-0.39, 0.29) is 16.9 Å². The van der Waals surface area contributed by atoms with Crippen LogP contribution in [0, 0.1) is 16.7 Å². The molecule has 2 spiro atoms. The number of piperidine rings is 1. The summed E-state index contributed by atoms with van der Waals surface area (Å²) >= 11 is 0. The molecule has 4 rings (SSSR count). The molecule has 0 aliphatic carbocycles. The first-order valence-corrected chi connectivity index (χ1v) is 13.2. The van der Waals surface area contributed by atoms with Gasteiger partial charge in [0.2, 0.25) is 5.91 Å². The van der Waals surface area contributed by atoms with E-state index in [2.05, 4.69) is 43.1 Å². The van der Waals surface area contributed by atoms with Crippen molar-refractivity contribution in [2.75, 3.05) is 51.6 Å². The number of amides is 3. The highest BCUT2D eigenvalue weighted by atomic mass is 19.4. The maximum Gasteiger partial charge on any atom is 0.490 e. The Labute approximate surface area is 222 Å². The number of alkyl halides is 3. The van der Waals surface area contributed by atoms with Crippen LogP contribution in [0.5, 0.6) is 0 Å². The number of aliphatic carboxylic acids is 1. The average Bonchev–Trinajstić information content (AvgIpc) is 3.30. The van der Waals surface area contributed by atoms with E-state index in [0.717, 1.165) is 57.5 Å². The molecule has 0 radical (unpaired) electrons. The normalized spacial score (nSPS) is 23.2. The highest BCUT2D eigenvalue weighted by Crippen LogP contribution is 2.57. The van der Waals surface area contributed by atoms with Gasteiger partial charge in [0.1, 0.15) is 0 Å². The Hall–Kier alpha value is -2.82. The van der Waals surface area contributed by atoms with Crippen molar-refractivity contribution in [1.29, 1.82) is 0 Å². The van der Waals surface area contributed by atoms with Gasteiger partial charge in [-0.25, -0.2) is 9.59 Å². The van der Waals surface area contributed by atoms with E-state index in [0.29, 0.717) is 24.9 Å². The molecule has 3 aliphatic rings. The minimum Gasteiger partial charge on any atom is -0.475 e. The number of halogens is 3. The molecular weight excluding hydrogens is 501 g/mol. The molecule has 1 aromatic carbocycles. The van der Waals surface area contributed by atoms with E-state index in [4.69, 9.17) is 9.90 Å². The first kappa shape index (κ1) is 29.7. The van der Waals surface area contributed by atoms with Crippen LogP contribution >= 0.6 is 0 Å². The predicted octanol–water partition coefficient (Wildman–Crippen LogP) is 4.32. The fourth-order valence-electron chi connectivity index (χ4n) is 6.20. The molecule has 212 valence electrons. The molecule has 0 saturated carbocycles. The monoisotopic (exact) mass is 540 g/mol. The lowest BCUT2D eigenvalue weighted by molar-refractivity contribution is -0.192. The van der Waals surface area contributed by atoms with Crippen LogP contribution in [0.1, 0.15) is 45.6 Å². The first-order chi connectivity index (χ1) is 17.7. The second kappa shape index (κ2) is 11.5. The number of fused-ring (bicyclic) bond motifs is 1. The molecule has 3 amide bonds. The number of hydrogen-bond acceptors (Lipinski definition) is 4. The molecule has 0 bridgehead atoms. The fraction of sp³-hybridized carbons (Fsp3) is 0.667. The van der Waals surface area contributed by atoms with Crippen LogP contribution in [0.4, 0.5) is 23.7 Å². The van der Waals surface area contributed by atoms with E-state index >= 15 is 0 Å². The SMILES string of the molecule is CCc1ccc(NC(=O)N2CCC3(CC2)CN(CC(C)C)CC32CCN(C)C2=O)cc1.O=C(O)C(F)(F)F. The van der Waals surface area contributed by atoms with E-state index in [1.54, 1.807) is 0 Å². The number of nitrogens with zero attached hydrogens (tertiary/aromatic N) is 3. The number of rotatable bonds is 4. The Bertz CT molecular complexity index is 1010. The molecule has 11 heteroatoms. The van der Waals surface area contributed by atoms with Crippen molar-refractivity contribution in [1.82, 2.24) is 14.7 Å². The third-order valence-electron chi connectivity index (χ3n) is 8.15. The smallest absolute Gasteiger partial charge is 0.475 e. The van der Waals surface area contributed by atoms with Crippen LogP contribution in [-0.4, -0.2) is 90.2 Å². The number of carboxylic acids is 1. The van der Waals surface area contributed by atoms with E-state index < -0.39 is 12.1 Å². The molecule has 2 N–H and O–H groups in total. The van der Waals surface area contributed by atoms with Gasteiger partial charge in [-0.15, -0.1) is 0 Å². The molecule has 3 fully saturated rings. The summed E-state index contributed by atoms with van der Waals surface area (Å²) < 4.78 is 31.7. The number of aryl methyl sites for hydroxylation is 1. The van der Waals surface area contributed by atoms with E-state index in [1.807, 2.05) is 29.0 Å². The van der Waals surface area contributed by atoms with Crippen molar-refractivity contribution in [2.24, 2.45) is 16.7 Å². The summed E-state index contributed by atoms with van der Waals surface area (Å²) in [5, 5.41) is 10.2. The molecule has 1 unspecified atom stereocenters. The summed E-state index contributed by atoms with van der Waals surface area (Å²) in [6.07, 6.45) is -1.33. The predicted molar refractivity (Wildman–Crippen MR) is 138 cm³/mol. The molecule has 1 aromatic rings. The summed E-state index contributed by atoms with van der Waals surface area (Å²) in [6, 6.07) is 8.05. The molecule has 8 nitrogen and oxygen atoms in total. The van der Waals surface area contributed by atoms with Gasteiger partial charge in [-0.3, -0.25) is 4.79 Å². The van der Waals surface area contributed by atoms with Gasteiger partial charge in [-0.1, -0.05) is 32.9 Å². The van der Waals surface area contributed by atoms with Crippen molar-refractivity contribution in [3.05, 3.63) is 29.8 Å². The lowest BCUT2D eigenvalue weighted by atomic mass is 9.60. The van der Waals surface area contributed by atoms with Gasteiger partial charge in [0.05, 0.1) is 5.41 Å². The average molecular weight is 541 g/mol. The Morgan fingerprint density at radius 3 is 2.08 bits per heavy atom. The second-order valence-corrected chi connectivity index (χ2v) is 11.2. The number of likely N-dealkylation sites (tertiary alicyclic amines) is 3. The molecule has 3 aliphatic heterocycles. The molecule has 0 aromatic heterocycles. The second-order valence-electron chi connectivity index (χ2n) is 11.2. The standard InChI is InChI=1S/C25H38N4O2.C2HF3O2/c1-5-20-6-8-21(9-7-20)26-23(31)29-14-10-24(11-15-29)17-28(16-19(2)3)18-25(24)12-13-27(4)22(25)30;3-2(4,5)1(6)7/h6-9,19H,5,10-18H2,1-4H3,(H,26,31);(H,6,7). The third-order valence-corrected chi connectivity index (χ3v) is 8.15. The topological polar surface area (TPSA) is 93.2 Å². The quantitative estimate of drug-likeness (QED) is 0.594. The summed E-state index contributed by atoms with van der Waals surface area (Å²) in [7, 11) is 1.95. The van der Waals surface area contributed by atoms with Crippen molar-refractivity contribution in [3.63, 3.8) is 0 Å². The van der Waals surface area contributed by atoms with Crippen LogP contribution in [0.3, 0.4) is 0 Å². The zero-order valence-electron chi connectivity index (χ0n) is 22.6. The number of nitrogens with one attached hydrogen (secondary N) is 1. The number of carbonyl (C=O) groups is 3. The first-order valence-electron chi connectivity index (χ1n) is 13.2. The lowest BCUT2D eigenvalue weighted by Gasteiger charge is -2.46. The molecule has 1 atom stereocenters. The molecular formula is C27H39F3N4O4. The van der Waals surface area contributed by atoms with Crippen LogP contribution in [0.2, 0.25) is 0 Å². The molecule has 3 heterocycles. The zero-order chi connectivity index (χ0) is 28.3. The minimum atomic E-state index is -5.08. The van der Waals surface area contributed by atoms with Crippen molar-refractivity contribution in [3.8, 4) is 0 Å². The molecule has 3 saturated heterocycles. The number of urea groups is 1. The minimum absolute atomic E-state index is 0.0106. The van der Waals surface area contributed by atoms with Gasteiger partial charge in [0, 0.05) is 57.4 Å². The van der Waals surface area contributed by atoms with Crippen LogP contribution in [0.15, 0.2) is 24.3 Å². The van der Waals surface area contributed by atoms with Crippen molar-refractivity contribution >= 4 is 23.6 Å². The third kappa shape index (κ3) is 6.24. The van der Waals surface area contributed by atoms with Gasteiger partial charge < -0.3 is 25.1 Å². The van der Waals surface area contributed by atoms with Gasteiger partial charge in [0.25, 0.3) is 0 Å². The van der Waals surface area contributed by atoms with E-state index in [1.165, 1.54) is 5.56 Å². The number of benzene rings is 1. The Balaban J connectivity index is 0.000000505. The van der Waals surface area contributed by atoms with Crippen molar-refractivity contribution in [2.45, 2.75) is 52.6 Å². The van der Waals surface area contributed by atoms with Crippen LogP contribution in [0.25, 0.3) is 0 Å². The number of carboxylic acid groups (broad SMARTS) is 1. The summed E-state index contributed by atoms with van der Waals surface area (Å²) in [5.74, 6) is -1.84. The summed E-state index contributed by atoms with van der Waals surface area (Å²) in [6.45, 7) is 11.8. The van der Waals surface area contributed by atoms with E-state index in [9.17, 15) is 22.8 Å². The maximum absolute atomic E-state index is 13.3. The number of hydrogen-bond donors (Lipinski definition) is 2. The summed E-state index contributed by atoms with van der Waals surface area (Å²) in [5.41, 5.74) is 1.83. The van der Waals surface area contributed by atoms with Gasteiger partial charge >= 0.3 is 18.2 Å². The highest BCUT2D eigenvalue weighted by molar-refractivity contribution is 5.90. The Morgan fingerprint density at radius 2 is 1.63 bits per heavy atom. The van der Waals surface area contributed by atoms with Crippen LogP contribution < -0.4 is 5.32 Å². The lowest BCUT2D eigenvalue weighted by Crippen LogP contribution is -2.54. The highest BCUT2D eigenvalue weighted by Gasteiger charge is 2.64. The fourth-order valence-corrected chi connectivity index (χ4v) is 6.20. The summed E-state index contributed by atoms with van der Waals surface area (Å²) in [4.78, 5) is 41.5. The Morgan fingerprint density at radius 1 is 1.05 bits per heavy atom. The van der Waals surface area contributed by atoms with Crippen LogP contribution in [-0.2, 0) is 16.0 Å². The van der Waals surface area contributed by atoms with Gasteiger partial charge in [-0.2, -0.15) is 13.2 Å². The Kier molecular flexibility index (Phi) is 9.00. The number of carbonyl (C=O) groups excluding carboxylic acids is 2. The van der Waals surface area contributed by atoms with Gasteiger partial charge in [0.15, 0.2) is 0 Å². The number of anilines is 1. The largest absolute Gasteiger partial charge is 0.490 e.